The Hall–Kier alpha value is -1.54. The standard InChI is InChI=1S/C13H13BrN2O4S/c1-2-20-10(17)6-21-5-7-3-8(14)4-9-11(7)16-13(19)12(18)15-9/h3-4H,2,5-6H2,1H3,(H,15,18)(H,16,19). The molecule has 2 aromatic rings. The summed E-state index contributed by atoms with van der Waals surface area (Å²) in [7, 11) is 0. The molecule has 1 aromatic heterocycles. The van der Waals surface area contributed by atoms with Crippen molar-refractivity contribution in [2.45, 2.75) is 12.7 Å². The molecule has 0 saturated heterocycles. The molecule has 0 unspecified atom stereocenters. The number of aromatic amines is 2. The molecule has 0 atom stereocenters. The fourth-order valence-electron chi connectivity index (χ4n) is 1.82. The number of H-pyrrole nitrogens is 2. The fourth-order valence-corrected chi connectivity index (χ4v) is 3.12. The van der Waals surface area contributed by atoms with Crippen LogP contribution in [-0.2, 0) is 15.3 Å². The van der Waals surface area contributed by atoms with Gasteiger partial charge < -0.3 is 14.7 Å². The molecule has 8 heteroatoms. The van der Waals surface area contributed by atoms with E-state index < -0.39 is 11.1 Å². The number of halogens is 1. The molecule has 1 aromatic carbocycles. The van der Waals surface area contributed by atoms with E-state index in [1.165, 1.54) is 11.8 Å². The van der Waals surface area contributed by atoms with Gasteiger partial charge in [-0.3, -0.25) is 14.4 Å². The molecule has 112 valence electrons. The van der Waals surface area contributed by atoms with Gasteiger partial charge in [0.2, 0.25) is 0 Å². The number of rotatable bonds is 5. The van der Waals surface area contributed by atoms with E-state index in [4.69, 9.17) is 4.74 Å². The van der Waals surface area contributed by atoms with Crippen LogP contribution in [0.1, 0.15) is 12.5 Å². The van der Waals surface area contributed by atoms with Crippen molar-refractivity contribution in [1.29, 1.82) is 0 Å². The molecule has 21 heavy (non-hydrogen) atoms. The molecule has 0 fully saturated rings. The summed E-state index contributed by atoms with van der Waals surface area (Å²) < 4.78 is 5.63. The van der Waals surface area contributed by atoms with Crippen molar-refractivity contribution in [3.05, 3.63) is 42.9 Å². The van der Waals surface area contributed by atoms with E-state index in [1.54, 1.807) is 13.0 Å². The lowest BCUT2D eigenvalue weighted by Gasteiger charge is -2.07. The summed E-state index contributed by atoms with van der Waals surface area (Å²) in [6.45, 7) is 2.11. The molecule has 1 heterocycles. The van der Waals surface area contributed by atoms with E-state index in [-0.39, 0.29) is 11.7 Å². The third-order valence-corrected chi connectivity index (χ3v) is 4.07. The van der Waals surface area contributed by atoms with Gasteiger partial charge in [0.15, 0.2) is 0 Å². The number of carbonyl (C=O) groups is 1. The molecule has 0 aliphatic carbocycles. The average molecular weight is 373 g/mol. The first kappa shape index (κ1) is 15.8. The lowest BCUT2D eigenvalue weighted by atomic mass is 10.2. The molecular formula is C13H13BrN2O4S. The van der Waals surface area contributed by atoms with E-state index >= 15 is 0 Å². The van der Waals surface area contributed by atoms with Crippen molar-refractivity contribution >= 4 is 44.7 Å². The SMILES string of the molecule is CCOC(=O)CSCc1cc(Br)cc2[nH]c(=O)c(=O)[nH]c12. The maximum atomic E-state index is 11.4. The summed E-state index contributed by atoms with van der Waals surface area (Å²) >= 11 is 4.74. The third kappa shape index (κ3) is 3.98. The summed E-state index contributed by atoms with van der Waals surface area (Å²) in [6, 6.07) is 3.56. The van der Waals surface area contributed by atoms with Crippen molar-refractivity contribution in [1.82, 2.24) is 9.97 Å². The molecule has 0 bridgehead atoms. The largest absolute Gasteiger partial charge is 0.465 e. The monoisotopic (exact) mass is 372 g/mol. The van der Waals surface area contributed by atoms with Gasteiger partial charge in [-0.1, -0.05) is 15.9 Å². The first-order chi connectivity index (χ1) is 10.0. The number of nitrogens with one attached hydrogen (secondary N) is 2. The van der Waals surface area contributed by atoms with Gasteiger partial charge in [0, 0.05) is 10.2 Å². The van der Waals surface area contributed by atoms with Gasteiger partial charge in [0.1, 0.15) is 0 Å². The lowest BCUT2D eigenvalue weighted by Crippen LogP contribution is -2.29. The van der Waals surface area contributed by atoms with Gasteiger partial charge in [0.25, 0.3) is 0 Å². The van der Waals surface area contributed by atoms with Gasteiger partial charge in [-0.15, -0.1) is 11.8 Å². The van der Waals surface area contributed by atoms with Crippen LogP contribution in [0.15, 0.2) is 26.2 Å². The summed E-state index contributed by atoms with van der Waals surface area (Å²) in [5.74, 6) is 0.468. The topological polar surface area (TPSA) is 92.0 Å². The van der Waals surface area contributed by atoms with E-state index in [2.05, 4.69) is 25.9 Å². The highest BCUT2D eigenvalue weighted by Gasteiger charge is 2.09. The number of hydrogen-bond donors (Lipinski definition) is 2. The van der Waals surface area contributed by atoms with Crippen molar-refractivity contribution < 1.29 is 9.53 Å². The zero-order valence-corrected chi connectivity index (χ0v) is 13.6. The minimum absolute atomic E-state index is 0.232. The maximum Gasteiger partial charge on any atom is 0.315 e. The number of benzene rings is 1. The van der Waals surface area contributed by atoms with E-state index in [0.717, 1.165) is 10.0 Å². The number of esters is 1. The Morgan fingerprint density at radius 2 is 2.00 bits per heavy atom. The molecule has 0 amide bonds. The maximum absolute atomic E-state index is 11.4. The summed E-state index contributed by atoms with van der Waals surface area (Å²) in [6.07, 6.45) is 0. The van der Waals surface area contributed by atoms with Gasteiger partial charge in [-0.2, -0.15) is 0 Å². The van der Waals surface area contributed by atoms with Crippen LogP contribution in [0.4, 0.5) is 0 Å². The molecular weight excluding hydrogens is 360 g/mol. The number of aromatic nitrogens is 2. The number of fused-ring (bicyclic) bond motifs is 1. The van der Waals surface area contributed by atoms with Crippen molar-refractivity contribution in [3.63, 3.8) is 0 Å². The Balaban J connectivity index is 2.26. The van der Waals surface area contributed by atoms with Crippen LogP contribution in [0.3, 0.4) is 0 Å². The lowest BCUT2D eigenvalue weighted by molar-refractivity contribution is -0.139. The van der Waals surface area contributed by atoms with E-state index in [0.29, 0.717) is 23.4 Å². The Bertz CT molecular complexity index is 784. The average Bonchev–Trinajstić information content (AvgIpc) is 2.41. The summed E-state index contributed by atoms with van der Waals surface area (Å²) in [5.41, 5.74) is 0.550. The first-order valence-corrected chi connectivity index (χ1v) is 8.14. The van der Waals surface area contributed by atoms with Gasteiger partial charge in [0.05, 0.1) is 23.4 Å². The number of ether oxygens (including phenoxy) is 1. The van der Waals surface area contributed by atoms with Crippen LogP contribution < -0.4 is 11.1 Å². The molecule has 0 spiro atoms. The molecule has 6 nitrogen and oxygen atoms in total. The molecule has 0 saturated carbocycles. The second-order valence-electron chi connectivity index (χ2n) is 4.19. The van der Waals surface area contributed by atoms with E-state index in [1.807, 2.05) is 6.07 Å². The highest BCUT2D eigenvalue weighted by atomic mass is 79.9. The van der Waals surface area contributed by atoms with Gasteiger partial charge in [-0.05, 0) is 24.6 Å². The minimum Gasteiger partial charge on any atom is -0.465 e. The van der Waals surface area contributed by atoms with Crippen LogP contribution in [0.25, 0.3) is 11.0 Å². The smallest absolute Gasteiger partial charge is 0.315 e. The predicted molar refractivity (Wildman–Crippen MR) is 85.7 cm³/mol. The van der Waals surface area contributed by atoms with Crippen LogP contribution in [0.2, 0.25) is 0 Å². The van der Waals surface area contributed by atoms with E-state index in [9.17, 15) is 14.4 Å². The molecule has 2 N–H and O–H groups in total. The Morgan fingerprint density at radius 1 is 1.29 bits per heavy atom. The highest BCUT2D eigenvalue weighted by Crippen LogP contribution is 2.23. The van der Waals surface area contributed by atoms with Crippen molar-refractivity contribution in [3.8, 4) is 0 Å². The summed E-state index contributed by atoms with van der Waals surface area (Å²) in [5, 5.41) is 0. The number of carbonyl (C=O) groups excluding carboxylic acids is 1. The predicted octanol–water partition coefficient (Wildman–Crippen LogP) is 1.78. The molecule has 2 rings (SSSR count). The number of hydrogen-bond acceptors (Lipinski definition) is 5. The van der Waals surface area contributed by atoms with Crippen LogP contribution in [0, 0.1) is 0 Å². The zero-order valence-electron chi connectivity index (χ0n) is 11.2. The highest BCUT2D eigenvalue weighted by molar-refractivity contribution is 9.10. The Kier molecular flexibility index (Phi) is 5.24. The van der Waals surface area contributed by atoms with Crippen LogP contribution >= 0.6 is 27.7 Å². The van der Waals surface area contributed by atoms with Gasteiger partial charge in [-0.25, -0.2) is 0 Å². The van der Waals surface area contributed by atoms with Crippen LogP contribution in [0.5, 0.6) is 0 Å². The second-order valence-corrected chi connectivity index (χ2v) is 6.09. The number of thioether (sulfide) groups is 1. The Morgan fingerprint density at radius 3 is 2.71 bits per heavy atom. The fraction of sp³-hybridized carbons (Fsp3) is 0.308. The molecule has 0 radical (unpaired) electrons. The molecule has 0 aliphatic rings. The Labute approximate surface area is 132 Å². The zero-order chi connectivity index (χ0) is 15.4. The quantitative estimate of drug-likeness (QED) is 0.616. The van der Waals surface area contributed by atoms with Crippen molar-refractivity contribution in [2.24, 2.45) is 0 Å². The summed E-state index contributed by atoms with van der Waals surface area (Å²) in [4.78, 5) is 39.2. The van der Waals surface area contributed by atoms with Crippen LogP contribution in [-0.4, -0.2) is 28.3 Å². The molecule has 0 aliphatic heterocycles. The second kappa shape index (κ2) is 6.95. The first-order valence-electron chi connectivity index (χ1n) is 6.19. The third-order valence-electron chi connectivity index (χ3n) is 2.66. The van der Waals surface area contributed by atoms with Gasteiger partial charge >= 0.3 is 17.1 Å². The normalized spacial score (nSPS) is 10.8. The van der Waals surface area contributed by atoms with Crippen molar-refractivity contribution in [2.75, 3.05) is 12.4 Å². The minimum atomic E-state index is -0.693.